The number of nitrogens with one attached hydrogen (secondary N) is 1. The SMILES string of the molecule is CC(NCCc1ccc2c(c1)CCO2)c1cccnc1. The zero-order chi connectivity index (χ0) is 13.8. The highest BCUT2D eigenvalue weighted by atomic mass is 16.5. The second-order valence-corrected chi connectivity index (χ2v) is 5.25. The van der Waals surface area contributed by atoms with Crippen molar-refractivity contribution in [2.45, 2.75) is 25.8 Å². The van der Waals surface area contributed by atoms with Crippen molar-refractivity contribution in [3.8, 4) is 5.75 Å². The van der Waals surface area contributed by atoms with Crippen LogP contribution in [0.25, 0.3) is 0 Å². The highest BCUT2D eigenvalue weighted by molar-refractivity contribution is 5.39. The van der Waals surface area contributed by atoms with Gasteiger partial charge in [0.1, 0.15) is 5.75 Å². The minimum atomic E-state index is 0.335. The average molecular weight is 268 g/mol. The molecule has 3 nitrogen and oxygen atoms in total. The summed E-state index contributed by atoms with van der Waals surface area (Å²) >= 11 is 0. The van der Waals surface area contributed by atoms with Crippen LogP contribution in [0.1, 0.15) is 29.7 Å². The molecule has 20 heavy (non-hydrogen) atoms. The molecular formula is C17H20N2O. The van der Waals surface area contributed by atoms with Crippen LogP contribution in [0.3, 0.4) is 0 Å². The molecule has 0 amide bonds. The maximum absolute atomic E-state index is 5.53. The Hall–Kier alpha value is -1.87. The van der Waals surface area contributed by atoms with Gasteiger partial charge in [0.05, 0.1) is 6.61 Å². The lowest BCUT2D eigenvalue weighted by atomic mass is 10.1. The third-order valence-electron chi connectivity index (χ3n) is 3.80. The van der Waals surface area contributed by atoms with Gasteiger partial charge in [-0.15, -0.1) is 0 Å². The van der Waals surface area contributed by atoms with Gasteiger partial charge in [-0.05, 0) is 48.7 Å². The zero-order valence-electron chi connectivity index (χ0n) is 11.8. The maximum Gasteiger partial charge on any atom is 0.122 e. The summed E-state index contributed by atoms with van der Waals surface area (Å²) < 4.78 is 5.53. The monoisotopic (exact) mass is 268 g/mol. The first-order valence-electron chi connectivity index (χ1n) is 7.21. The van der Waals surface area contributed by atoms with Crippen LogP contribution in [0, 0.1) is 0 Å². The van der Waals surface area contributed by atoms with Crippen LogP contribution in [0.4, 0.5) is 0 Å². The first-order chi connectivity index (χ1) is 9.83. The van der Waals surface area contributed by atoms with Crippen LogP contribution in [0.15, 0.2) is 42.7 Å². The topological polar surface area (TPSA) is 34.1 Å². The van der Waals surface area contributed by atoms with Gasteiger partial charge in [0.15, 0.2) is 0 Å². The Labute approximate surface area is 120 Å². The van der Waals surface area contributed by atoms with Gasteiger partial charge in [0, 0.05) is 24.9 Å². The lowest BCUT2D eigenvalue weighted by molar-refractivity contribution is 0.357. The predicted molar refractivity (Wildman–Crippen MR) is 80.0 cm³/mol. The van der Waals surface area contributed by atoms with E-state index in [1.165, 1.54) is 16.7 Å². The number of ether oxygens (including phenoxy) is 1. The van der Waals surface area contributed by atoms with E-state index in [0.29, 0.717) is 6.04 Å². The predicted octanol–water partition coefficient (Wildman–Crippen LogP) is 2.91. The lowest BCUT2D eigenvalue weighted by Gasteiger charge is -2.13. The molecule has 1 aliphatic heterocycles. The van der Waals surface area contributed by atoms with Crippen LogP contribution in [-0.4, -0.2) is 18.1 Å². The van der Waals surface area contributed by atoms with Gasteiger partial charge in [-0.1, -0.05) is 18.2 Å². The molecule has 1 aliphatic rings. The second kappa shape index (κ2) is 6.06. The summed E-state index contributed by atoms with van der Waals surface area (Å²) in [5, 5.41) is 3.54. The van der Waals surface area contributed by atoms with Gasteiger partial charge >= 0.3 is 0 Å². The quantitative estimate of drug-likeness (QED) is 0.905. The Morgan fingerprint density at radius 1 is 1.35 bits per heavy atom. The number of fused-ring (bicyclic) bond motifs is 1. The minimum Gasteiger partial charge on any atom is -0.493 e. The zero-order valence-corrected chi connectivity index (χ0v) is 11.8. The van der Waals surface area contributed by atoms with Crippen molar-refractivity contribution in [3.05, 3.63) is 59.4 Å². The van der Waals surface area contributed by atoms with Crippen LogP contribution >= 0.6 is 0 Å². The summed E-state index contributed by atoms with van der Waals surface area (Å²) in [6, 6.07) is 11.0. The third kappa shape index (κ3) is 2.99. The number of aromatic nitrogens is 1. The van der Waals surface area contributed by atoms with Crippen LogP contribution in [-0.2, 0) is 12.8 Å². The summed E-state index contributed by atoms with van der Waals surface area (Å²) in [4.78, 5) is 4.16. The molecule has 0 spiro atoms. The van der Waals surface area contributed by atoms with E-state index in [1.54, 1.807) is 0 Å². The molecule has 0 bridgehead atoms. The van der Waals surface area contributed by atoms with E-state index in [1.807, 2.05) is 18.5 Å². The fourth-order valence-corrected chi connectivity index (χ4v) is 2.58. The average Bonchev–Trinajstić information content (AvgIpc) is 2.95. The van der Waals surface area contributed by atoms with Gasteiger partial charge in [-0.2, -0.15) is 0 Å². The molecule has 3 heteroatoms. The van der Waals surface area contributed by atoms with E-state index in [4.69, 9.17) is 4.74 Å². The van der Waals surface area contributed by atoms with Crippen molar-refractivity contribution < 1.29 is 4.74 Å². The van der Waals surface area contributed by atoms with Crippen LogP contribution < -0.4 is 10.1 Å². The fraction of sp³-hybridized carbons (Fsp3) is 0.353. The van der Waals surface area contributed by atoms with Crippen molar-refractivity contribution in [1.82, 2.24) is 10.3 Å². The fourth-order valence-electron chi connectivity index (χ4n) is 2.58. The largest absolute Gasteiger partial charge is 0.493 e. The van der Waals surface area contributed by atoms with E-state index < -0.39 is 0 Å². The standard InChI is InChI=1S/C17H20N2O/c1-13(16-3-2-8-18-12-16)19-9-6-14-4-5-17-15(11-14)7-10-20-17/h2-5,8,11-13,19H,6-7,9-10H2,1H3. The summed E-state index contributed by atoms with van der Waals surface area (Å²) in [6.45, 7) is 3.97. The Morgan fingerprint density at radius 3 is 3.15 bits per heavy atom. The normalized spacial score (nSPS) is 14.7. The Kier molecular flexibility index (Phi) is 3.97. The van der Waals surface area contributed by atoms with Crippen LogP contribution in [0.5, 0.6) is 5.75 Å². The van der Waals surface area contributed by atoms with Gasteiger partial charge < -0.3 is 10.1 Å². The Morgan fingerprint density at radius 2 is 2.30 bits per heavy atom. The molecule has 0 radical (unpaired) electrons. The molecule has 1 N–H and O–H groups in total. The second-order valence-electron chi connectivity index (χ2n) is 5.25. The van der Waals surface area contributed by atoms with E-state index in [0.717, 1.165) is 31.7 Å². The number of benzene rings is 1. The molecule has 2 heterocycles. The van der Waals surface area contributed by atoms with Gasteiger partial charge in [0.2, 0.25) is 0 Å². The van der Waals surface area contributed by atoms with Crippen LogP contribution in [0.2, 0.25) is 0 Å². The van der Waals surface area contributed by atoms with Gasteiger partial charge in [0.25, 0.3) is 0 Å². The molecule has 1 unspecified atom stereocenters. The molecule has 0 saturated carbocycles. The third-order valence-corrected chi connectivity index (χ3v) is 3.80. The molecule has 1 aromatic carbocycles. The first-order valence-corrected chi connectivity index (χ1v) is 7.21. The minimum absolute atomic E-state index is 0.335. The molecular weight excluding hydrogens is 248 g/mol. The molecule has 3 rings (SSSR count). The van der Waals surface area contributed by atoms with E-state index in [-0.39, 0.29) is 0 Å². The Balaban J connectivity index is 1.53. The summed E-state index contributed by atoms with van der Waals surface area (Å²) in [6.07, 6.45) is 5.81. The van der Waals surface area contributed by atoms with Crippen molar-refractivity contribution >= 4 is 0 Å². The highest BCUT2D eigenvalue weighted by Gasteiger charge is 2.12. The van der Waals surface area contributed by atoms with Gasteiger partial charge in [-0.25, -0.2) is 0 Å². The summed E-state index contributed by atoms with van der Waals surface area (Å²) in [7, 11) is 0. The van der Waals surface area contributed by atoms with E-state index >= 15 is 0 Å². The van der Waals surface area contributed by atoms with Gasteiger partial charge in [-0.3, -0.25) is 4.98 Å². The maximum atomic E-state index is 5.53. The number of nitrogens with zero attached hydrogens (tertiary/aromatic N) is 1. The Bertz CT molecular complexity index is 568. The van der Waals surface area contributed by atoms with Crippen molar-refractivity contribution in [2.75, 3.05) is 13.2 Å². The highest BCUT2D eigenvalue weighted by Crippen LogP contribution is 2.25. The van der Waals surface area contributed by atoms with Crippen molar-refractivity contribution in [3.63, 3.8) is 0 Å². The number of rotatable bonds is 5. The molecule has 0 saturated heterocycles. The summed E-state index contributed by atoms with van der Waals surface area (Å²) in [5.74, 6) is 1.06. The van der Waals surface area contributed by atoms with E-state index in [2.05, 4.69) is 41.5 Å². The molecule has 0 aliphatic carbocycles. The van der Waals surface area contributed by atoms with Crippen molar-refractivity contribution in [2.24, 2.45) is 0 Å². The number of hydrogen-bond donors (Lipinski definition) is 1. The molecule has 0 fully saturated rings. The first kappa shape index (κ1) is 13.1. The summed E-state index contributed by atoms with van der Waals surface area (Å²) in [5.41, 5.74) is 3.96. The molecule has 2 aromatic rings. The number of pyridine rings is 1. The van der Waals surface area contributed by atoms with E-state index in [9.17, 15) is 0 Å². The lowest BCUT2D eigenvalue weighted by Crippen LogP contribution is -2.21. The molecule has 104 valence electrons. The molecule has 1 atom stereocenters. The number of hydrogen-bond acceptors (Lipinski definition) is 3. The van der Waals surface area contributed by atoms with Crippen molar-refractivity contribution in [1.29, 1.82) is 0 Å². The molecule has 1 aromatic heterocycles. The smallest absolute Gasteiger partial charge is 0.122 e.